The van der Waals surface area contributed by atoms with Gasteiger partial charge in [0, 0.05) is 16.8 Å². The minimum Gasteiger partial charge on any atom is -0.450 e. The van der Waals surface area contributed by atoms with Crippen molar-refractivity contribution in [1.82, 2.24) is 0 Å². The number of rotatable bonds is 5. The summed E-state index contributed by atoms with van der Waals surface area (Å²) in [5, 5.41) is 2.75. The predicted molar refractivity (Wildman–Crippen MR) is 86.4 cm³/mol. The molecule has 8 heteroatoms. The van der Waals surface area contributed by atoms with Crippen molar-refractivity contribution >= 4 is 33.5 Å². The monoisotopic (exact) mass is 355 g/mol. The molecule has 1 N–H and O–H groups in total. The van der Waals surface area contributed by atoms with Crippen molar-refractivity contribution in [2.24, 2.45) is 0 Å². The molecule has 0 radical (unpaired) electrons. The second-order valence-corrected chi connectivity index (χ2v) is 6.35. The molecule has 1 amide bonds. The lowest BCUT2D eigenvalue weighted by Gasteiger charge is -2.09. The van der Waals surface area contributed by atoms with Crippen LogP contribution in [0.3, 0.4) is 0 Å². The summed E-state index contributed by atoms with van der Waals surface area (Å²) in [5.74, 6) is 0.0549. The minimum atomic E-state index is -4.02. The Balaban J connectivity index is 2.18. The van der Waals surface area contributed by atoms with Gasteiger partial charge < -0.3 is 8.92 Å². The maximum Gasteiger partial charge on any atom is 0.411 e. The van der Waals surface area contributed by atoms with Crippen LogP contribution >= 0.6 is 11.6 Å². The number of carbonyl (C=O) groups excluding carboxylic acids is 1. The number of amides is 1. The lowest BCUT2D eigenvalue weighted by molar-refractivity contribution is 0.168. The number of carbonyl (C=O) groups is 1. The number of halogens is 1. The average molecular weight is 356 g/mol. The highest BCUT2D eigenvalue weighted by Crippen LogP contribution is 2.23. The molecule has 2 rings (SSSR count). The number of benzene rings is 2. The van der Waals surface area contributed by atoms with Gasteiger partial charge in [0.15, 0.2) is 0 Å². The van der Waals surface area contributed by atoms with Crippen molar-refractivity contribution < 1.29 is 22.1 Å². The zero-order valence-electron chi connectivity index (χ0n) is 12.2. The van der Waals surface area contributed by atoms with Gasteiger partial charge in [-0.15, -0.1) is 0 Å². The number of hydrogen-bond donors (Lipinski definition) is 1. The zero-order chi connectivity index (χ0) is 16.9. The molecule has 122 valence electrons. The fourth-order valence-corrected chi connectivity index (χ4v) is 2.93. The number of anilines is 1. The molecule has 23 heavy (non-hydrogen) atoms. The van der Waals surface area contributed by atoms with Crippen LogP contribution in [0.1, 0.15) is 6.92 Å². The van der Waals surface area contributed by atoms with Crippen molar-refractivity contribution in [3.8, 4) is 5.75 Å². The number of ether oxygens (including phenoxy) is 1. The van der Waals surface area contributed by atoms with Gasteiger partial charge in [-0.05, 0) is 37.3 Å². The van der Waals surface area contributed by atoms with Gasteiger partial charge in [0.05, 0.1) is 6.61 Å². The smallest absolute Gasteiger partial charge is 0.411 e. The van der Waals surface area contributed by atoms with Crippen LogP contribution in [0, 0.1) is 0 Å². The highest BCUT2D eigenvalue weighted by atomic mass is 35.5. The first kappa shape index (κ1) is 17.1. The predicted octanol–water partition coefficient (Wildman–Crippen LogP) is 3.68. The van der Waals surface area contributed by atoms with Gasteiger partial charge in [-0.1, -0.05) is 23.7 Å². The third kappa shape index (κ3) is 4.87. The molecule has 0 aliphatic rings. The normalized spacial score (nSPS) is 10.9. The van der Waals surface area contributed by atoms with Gasteiger partial charge in [-0.3, -0.25) is 5.32 Å². The van der Waals surface area contributed by atoms with Crippen molar-refractivity contribution in [3.05, 3.63) is 53.6 Å². The quantitative estimate of drug-likeness (QED) is 0.827. The SMILES string of the molecule is CCOC(=O)Nc1cccc(OS(=O)(=O)c2cccc(Cl)c2)c1. The standard InChI is InChI=1S/C15H14ClNO5S/c1-2-21-15(18)17-12-6-4-7-13(10-12)22-23(19,20)14-8-3-5-11(16)9-14/h3-10H,2H2,1H3,(H,17,18). The van der Waals surface area contributed by atoms with E-state index in [1.165, 1.54) is 30.3 Å². The van der Waals surface area contributed by atoms with E-state index in [9.17, 15) is 13.2 Å². The third-order valence-electron chi connectivity index (χ3n) is 2.65. The lowest BCUT2D eigenvalue weighted by Crippen LogP contribution is -2.13. The summed E-state index contributed by atoms with van der Waals surface area (Å²) in [6.07, 6.45) is -0.637. The van der Waals surface area contributed by atoms with E-state index in [-0.39, 0.29) is 22.3 Å². The van der Waals surface area contributed by atoms with Gasteiger partial charge in [0.2, 0.25) is 0 Å². The van der Waals surface area contributed by atoms with Crippen LogP contribution in [0.25, 0.3) is 0 Å². The van der Waals surface area contributed by atoms with E-state index in [1.807, 2.05) is 0 Å². The van der Waals surface area contributed by atoms with E-state index >= 15 is 0 Å². The van der Waals surface area contributed by atoms with Crippen LogP contribution in [-0.4, -0.2) is 21.1 Å². The molecule has 2 aromatic rings. The molecule has 0 spiro atoms. The molecule has 0 saturated heterocycles. The topological polar surface area (TPSA) is 81.7 Å². The van der Waals surface area contributed by atoms with E-state index in [4.69, 9.17) is 20.5 Å². The van der Waals surface area contributed by atoms with E-state index < -0.39 is 16.2 Å². The average Bonchev–Trinajstić information content (AvgIpc) is 2.47. The van der Waals surface area contributed by atoms with Gasteiger partial charge in [0.1, 0.15) is 10.6 Å². The van der Waals surface area contributed by atoms with Crippen LogP contribution in [0.15, 0.2) is 53.4 Å². The van der Waals surface area contributed by atoms with Gasteiger partial charge in [-0.25, -0.2) is 4.79 Å². The molecule has 0 aromatic heterocycles. The van der Waals surface area contributed by atoms with Crippen LogP contribution in [0.4, 0.5) is 10.5 Å². The van der Waals surface area contributed by atoms with Gasteiger partial charge in [0.25, 0.3) is 0 Å². The van der Waals surface area contributed by atoms with Crippen molar-refractivity contribution in [1.29, 1.82) is 0 Å². The largest absolute Gasteiger partial charge is 0.450 e. The van der Waals surface area contributed by atoms with Crippen molar-refractivity contribution in [2.45, 2.75) is 11.8 Å². The van der Waals surface area contributed by atoms with Crippen molar-refractivity contribution in [3.63, 3.8) is 0 Å². The molecule has 2 aromatic carbocycles. The van der Waals surface area contributed by atoms with Crippen LogP contribution in [0.5, 0.6) is 5.75 Å². The third-order valence-corrected chi connectivity index (χ3v) is 4.12. The molecule has 0 unspecified atom stereocenters. The summed E-state index contributed by atoms with van der Waals surface area (Å²) in [6.45, 7) is 1.90. The Morgan fingerprint density at radius 3 is 2.61 bits per heavy atom. The first-order chi connectivity index (χ1) is 10.9. The molecule has 0 heterocycles. The Morgan fingerprint density at radius 1 is 1.17 bits per heavy atom. The summed E-state index contributed by atoms with van der Waals surface area (Å²) in [4.78, 5) is 11.3. The van der Waals surface area contributed by atoms with Gasteiger partial charge >= 0.3 is 16.2 Å². The Hall–Kier alpha value is -2.25. The fourth-order valence-electron chi connectivity index (χ4n) is 1.71. The van der Waals surface area contributed by atoms with Crippen molar-refractivity contribution in [2.75, 3.05) is 11.9 Å². The summed E-state index contributed by atoms with van der Waals surface area (Å²) in [5.41, 5.74) is 0.349. The molecule has 0 fully saturated rings. The molecule has 0 saturated carbocycles. The fraction of sp³-hybridized carbons (Fsp3) is 0.133. The summed E-state index contributed by atoms with van der Waals surface area (Å²) < 4.78 is 34.2. The molecular weight excluding hydrogens is 342 g/mol. The summed E-state index contributed by atoms with van der Waals surface area (Å²) in [7, 11) is -4.02. The molecule has 0 bridgehead atoms. The van der Waals surface area contributed by atoms with Crippen LogP contribution < -0.4 is 9.50 Å². The highest BCUT2D eigenvalue weighted by molar-refractivity contribution is 7.87. The van der Waals surface area contributed by atoms with E-state index in [0.29, 0.717) is 5.69 Å². The van der Waals surface area contributed by atoms with Crippen LogP contribution in [-0.2, 0) is 14.9 Å². The molecule has 0 aliphatic heterocycles. The molecule has 6 nitrogen and oxygen atoms in total. The second-order valence-electron chi connectivity index (χ2n) is 4.37. The Labute approximate surface area is 139 Å². The Bertz CT molecular complexity index is 807. The van der Waals surface area contributed by atoms with E-state index in [0.717, 1.165) is 0 Å². The van der Waals surface area contributed by atoms with Crippen LogP contribution in [0.2, 0.25) is 5.02 Å². The Morgan fingerprint density at radius 2 is 1.91 bits per heavy atom. The maximum absolute atomic E-state index is 12.2. The highest BCUT2D eigenvalue weighted by Gasteiger charge is 2.17. The lowest BCUT2D eigenvalue weighted by atomic mass is 10.3. The zero-order valence-corrected chi connectivity index (χ0v) is 13.7. The number of nitrogens with one attached hydrogen (secondary N) is 1. The van der Waals surface area contributed by atoms with Gasteiger partial charge in [-0.2, -0.15) is 8.42 Å². The molecule has 0 atom stereocenters. The maximum atomic E-state index is 12.2. The second kappa shape index (κ2) is 7.34. The first-order valence-corrected chi connectivity index (χ1v) is 8.43. The van der Waals surface area contributed by atoms with E-state index in [1.54, 1.807) is 25.1 Å². The molecular formula is C15H14ClNO5S. The molecule has 0 aliphatic carbocycles. The Kier molecular flexibility index (Phi) is 5.46. The number of hydrogen-bond acceptors (Lipinski definition) is 5. The summed E-state index contributed by atoms with van der Waals surface area (Å²) in [6, 6.07) is 11.7. The summed E-state index contributed by atoms with van der Waals surface area (Å²) >= 11 is 5.78. The van der Waals surface area contributed by atoms with E-state index in [2.05, 4.69) is 5.32 Å². The minimum absolute atomic E-state index is 0.0549. The first-order valence-electron chi connectivity index (χ1n) is 6.64.